The third kappa shape index (κ3) is 1.55. The van der Waals surface area contributed by atoms with E-state index in [1.54, 1.807) is 42.1 Å². The first-order valence-corrected chi connectivity index (χ1v) is 5.39. The van der Waals surface area contributed by atoms with Gasteiger partial charge >= 0.3 is 0 Å². The van der Waals surface area contributed by atoms with Gasteiger partial charge in [0.25, 0.3) is 0 Å². The van der Waals surface area contributed by atoms with Gasteiger partial charge in [0, 0.05) is 12.6 Å². The average molecular weight is 242 g/mol. The maximum absolute atomic E-state index is 10.9. The second-order valence-corrected chi connectivity index (χ2v) is 3.72. The van der Waals surface area contributed by atoms with Gasteiger partial charge in [-0.15, -0.1) is 5.10 Å². The predicted octanol–water partition coefficient (Wildman–Crippen LogP) is 1.84. The van der Waals surface area contributed by atoms with Crippen LogP contribution in [0, 0.1) is 0 Å². The summed E-state index contributed by atoms with van der Waals surface area (Å²) < 4.78 is 6.88. The zero-order valence-corrected chi connectivity index (χ0v) is 9.62. The average Bonchev–Trinajstić information content (AvgIpc) is 3.05. The monoisotopic (exact) mass is 242 g/mol. The summed E-state index contributed by atoms with van der Waals surface area (Å²) in [6.07, 6.45) is 2.35. The van der Waals surface area contributed by atoms with Crippen LogP contribution >= 0.6 is 0 Å². The molecule has 90 valence electrons. The number of furan rings is 1. The van der Waals surface area contributed by atoms with Crippen LogP contribution in [0.3, 0.4) is 0 Å². The Bertz CT molecular complexity index is 700. The lowest BCUT2D eigenvalue weighted by atomic mass is 10.3. The molecule has 0 fully saturated rings. The number of anilines is 1. The summed E-state index contributed by atoms with van der Waals surface area (Å²) in [6, 6.07) is 6.94. The van der Waals surface area contributed by atoms with Gasteiger partial charge in [0.15, 0.2) is 11.4 Å². The second kappa shape index (κ2) is 3.99. The van der Waals surface area contributed by atoms with Gasteiger partial charge in [-0.25, -0.2) is 4.98 Å². The van der Waals surface area contributed by atoms with Crippen LogP contribution < -0.4 is 5.32 Å². The minimum absolute atomic E-state index is 0.486. The zero-order chi connectivity index (χ0) is 12.5. The number of nitrogens with one attached hydrogen (secondary N) is 1. The van der Waals surface area contributed by atoms with Gasteiger partial charge in [-0.2, -0.15) is 4.52 Å². The van der Waals surface area contributed by atoms with Crippen molar-refractivity contribution in [2.45, 2.75) is 0 Å². The summed E-state index contributed by atoms with van der Waals surface area (Å²) in [6.45, 7) is 0. The molecule has 0 saturated carbocycles. The molecule has 0 amide bonds. The molecular formula is C12H10N4O2. The van der Waals surface area contributed by atoms with Gasteiger partial charge in [-0.05, 0) is 24.3 Å². The molecule has 0 saturated heterocycles. The third-order valence-corrected chi connectivity index (χ3v) is 2.59. The second-order valence-electron chi connectivity index (χ2n) is 3.72. The maximum atomic E-state index is 10.9. The first-order valence-electron chi connectivity index (χ1n) is 5.39. The van der Waals surface area contributed by atoms with E-state index in [1.165, 1.54) is 0 Å². The topological polar surface area (TPSA) is 72.4 Å². The maximum Gasteiger partial charge on any atom is 0.217 e. The first-order chi connectivity index (χ1) is 8.81. The lowest BCUT2D eigenvalue weighted by Crippen LogP contribution is -2.00. The van der Waals surface area contributed by atoms with Crippen molar-refractivity contribution in [3.05, 3.63) is 36.1 Å². The van der Waals surface area contributed by atoms with E-state index in [-0.39, 0.29) is 0 Å². The van der Waals surface area contributed by atoms with Gasteiger partial charge in [-0.1, -0.05) is 0 Å². The normalized spacial score (nSPS) is 10.7. The third-order valence-electron chi connectivity index (χ3n) is 2.59. The Labute approximate surface area is 102 Å². The summed E-state index contributed by atoms with van der Waals surface area (Å²) >= 11 is 0. The quantitative estimate of drug-likeness (QED) is 0.709. The van der Waals surface area contributed by atoms with Crippen LogP contribution in [0.2, 0.25) is 0 Å². The Hall–Kier alpha value is -2.63. The molecular weight excluding hydrogens is 232 g/mol. The van der Waals surface area contributed by atoms with Gasteiger partial charge < -0.3 is 9.73 Å². The number of carbonyl (C=O) groups is 1. The van der Waals surface area contributed by atoms with Crippen molar-refractivity contribution in [2.24, 2.45) is 0 Å². The fraction of sp³-hybridized carbons (Fsp3) is 0.0833. The van der Waals surface area contributed by atoms with Crippen molar-refractivity contribution in [1.29, 1.82) is 0 Å². The number of rotatable bonds is 3. The molecule has 3 aromatic heterocycles. The highest BCUT2D eigenvalue weighted by Crippen LogP contribution is 2.19. The number of nitrogens with zero attached hydrogens (tertiary/aromatic N) is 3. The molecule has 0 aromatic carbocycles. The van der Waals surface area contributed by atoms with E-state index >= 15 is 0 Å². The highest BCUT2D eigenvalue weighted by Gasteiger charge is 2.11. The van der Waals surface area contributed by atoms with Crippen molar-refractivity contribution in [3.8, 4) is 11.6 Å². The first kappa shape index (κ1) is 10.5. The highest BCUT2D eigenvalue weighted by atomic mass is 16.3. The van der Waals surface area contributed by atoms with Crippen LogP contribution in [0.1, 0.15) is 10.4 Å². The number of aldehydes is 1. The van der Waals surface area contributed by atoms with Gasteiger partial charge in [0.1, 0.15) is 12.1 Å². The predicted molar refractivity (Wildman–Crippen MR) is 65.6 cm³/mol. The molecule has 3 rings (SSSR count). The molecule has 0 atom stereocenters. The molecule has 3 heterocycles. The Morgan fingerprint density at radius 3 is 3.00 bits per heavy atom. The molecule has 0 unspecified atom stereocenters. The van der Waals surface area contributed by atoms with Crippen LogP contribution in [0.25, 0.3) is 17.2 Å². The van der Waals surface area contributed by atoms with E-state index in [4.69, 9.17) is 4.42 Å². The number of fused-ring (bicyclic) bond motifs is 1. The number of hydrogen-bond acceptors (Lipinski definition) is 5. The number of hydrogen-bond donors (Lipinski definition) is 1. The van der Waals surface area contributed by atoms with Crippen molar-refractivity contribution in [2.75, 3.05) is 12.4 Å². The van der Waals surface area contributed by atoms with Crippen LogP contribution in [-0.2, 0) is 0 Å². The number of aromatic nitrogens is 3. The molecule has 0 spiro atoms. The summed E-state index contributed by atoms with van der Waals surface area (Å²) in [5.41, 5.74) is 1.14. The lowest BCUT2D eigenvalue weighted by Gasteiger charge is -2.02. The van der Waals surface area contributed by atoms with E-state index in [9.17, 15) is 4.79 Å². The van der Waals surface area contributed by atoms with E-state index in [2.05, 4.69) is 15.4 Å². The molecule has 3 aromatic rings. The highest BCUT2D eigenvalue weighted by molar-refractivity contribution is 5.79. The summed E-state index contributed by atoms with van der Waals surface area (Å²) in [4.78, 5) is 15.2. The Morgan fingerprint density at radius 2 is 2.33 bits per heavy atom. The van der Waals surface area contributed by atoms with Crippen LogP contribution in [0.15, 0.2) is 34.9 Å². The van der Waals surface area contributed by atoms with E-state index < -0.39 is 0 Å². The van der Waals surface area contributed by atoms with Crippen molar-refractivity contribution in [1.82, 2.24) is 14.6 Å². The molecule has 0 aliphatic carbocycles. The molecule has 0 radical (unpaired) electrons. The van der Waals surface area contributed by atoms with Crippen LogP contribution in [0.5, 0.6) is 0 Å². The lowest BCUT2D eigenvalue weighted by molar-refractivity contribution is 0.112. The van der Waals surface area contributed by atoms with E-state index in [0.717, 1.165) is 6.29 Å². The summed E-state index contributed by atoms with van der Waals surface area (Å²) in [7, 11) is 1.76. The molecule has 6 nitrogen and oxygen atoms in total. The molecule has 1 N–H and O–H groups in total. The zero-order valence-electron chi connectivity index (χ0n) is 9.62. The molecule has 0 aliphatic rings. The number of carbonyl (C=O) groups excluding carboxylic acids is 1. The number of pyridine rings is 1. The van der Waals surface area contributed by atoms with Gasteiger partial charge in [0.2, 0.25) is 5.82 Å². The van der Waals surface area contributed by atoms with Crippen molar-refractivity contribution >= 4 is 17.8 Å². The Kier molecular flexibility index (Phi) is 2.33. The summed E-state index contributed by atoms with van der Waals surface area (Å²) in [5.74, 6) is 1.77. The van der Waals surface area contributed by atoms with Crippen molar-refractivity contribution < 1.29 is 9.21 Å². The fourth-order valence-electron chi connectivity index (χ4n) is 1.76. The largest absolute Gasteiger partial charge is 0.461 e. The standard InChI is InChI=1S/C12H10N4O2/c1-13-10-5-8(7-17)6-11-14-12(15-16(10)11)9-3-2-4-18-9/h2-7,13H,1H3. The SMILES string of the molecule is CNc1cc(C=O)cc2nc(-c3ccco3)nn12. The van der Waals surface area contributed by atoms with Crippen LogP contribution in [-0.4, -0.2) is 27.9 Å². The minimum atomic E-state index is 0.486. The van der Waals surface area contributed by atoms with Gasteiger partial charge in [-0.3, -0.25) is 4.79 Å². The molecule has 0 bridgehead atoms. The fourth-order valence-corrected chi connectivity index (χ4v) is 1.76. The van der Waals surface area contributed by atoms with Gasteiger partial charge in [0.05, 0.1) is 6.26 Å². The van der Waals surface area contributed by atoms with E-state index in [1.807, 2.05) is 0 Å². The van der Waals surface area contributed by atoms with E-state index in [0.29, 0.717) is 28.6 Å². The van der Waals surface area contributed by atoms with Crippen LogP contribution in [0.4, 0.5) is 5.82 Å². The summed E-state index contributed by atoms with van der Waals surface area (Å²) in [5, 5.41) is 7.31. The Balaban J connectivity index is 2.25. The Morgan fingerprint density at radius 1 is 1.44 bits per heavy atom. The molecule has 18 heavy (non-hydrogen) atoms. The van der Waals surface area contributed by atoms with Crippen molar-refractivity contribution in [3.63, 3.8) is 0 Å². The minimum Gasteiger partial charge on any atom is -0.461 e. The molecule has 0 aliphatic heterocycles. The molecule has 6 heteroatoms. The smallest absolute Gasteiger partial charge is 0.217 e.